The van der Waals surface area contributed by atoms with Gasteiger partial charge in [-0.05, 0) is 13.8 Å². The number of carbonyl (C=O) groups is 1. The highest BCUT2D eigenvalue weighted by molar-refractivity contribution is 5.87. The summed E-state index contributed by atoms with van der Waals surface area (Å²) in [6, 6.07) is 0. The minimum atomic E-state index is -5.52. The van der Waals surface area contributed by atoms with Gasteiger partial charge in [-0.15, -0.1) is 0 Å². The highest BCUT2D eigenvalue weighted by atomic mass is 19.4. The molecule has 3 nitrogen and oxygen atoms in total. The molecule has 0 aliphatic carbocycles. The van der Waals surface area contributed by atoms with E-state index in [9.17, 15) is 26.7 Å². The predicted molar refractivity (Wildman–Crippen MR) is 52.0 cm³/mol. The predicted octanol–water partition coefficient (Wildman–Crippen LogP) is 2.44. The van der Waals surface area contributed by atoms with E-state index in [0.29, 0.717) is 0 Å². The smallest absolute Gasteiger partial charge is 0.423 e. The van der Waals surface area contributed by atoms with Gasteiger partial charge in [0.2, 0.25) is 5.60 Å². The zero-order valence-corrected chi connectivity index (χ0v) is 9.72. The molecular formula is C10H13F5O3. The fourth-order valence-corrected chi connectivity index (χ4v) is 1.09. The topological polar surface area (TPSA) is 46.5 Å². The van der Waals surface area contributed by atoms with E-state index >= 15 is 0 Å². The summed E-state index contributed by atoms with van der Waals surface area (Å²) in [6.07, 6.45) is -12.5. The van der Waals surface area contributed by atoms with Crippen LogP contribution in [-0.4, -0.2) is 35.4 Å². The molecule has 0 bridgehead atoms. The fraction of sp³-hybridized carbons (Fsp3) is 0.700. The molecule has 8 heteroatoms. The number of rotatable bonds is 5. The summed E-state index contributed by atoms with van der Waals surface area (Å²) in [4.78, 5) is 11.0. The summed E-state index contributed by atoms with van der Waals surface area (Å²) in [5.41, 5.74) is -4.30. The molecule has 2 unspecified atom stereocenters. The lowest BCUT2D eigenvalue weighted by Gasteiger charge is -2.31. The zero-order chi connectivity index (χ0) is 14.7. The van der Waals surface area contributed by atoms with Crippen molar-refractivity contribution in [2.75, 3.05) is 0 Å². The van der Waals surface area contributed by atoms with Crippen molar-refractivity contribution >= 4 is 5.97 Å². The van der Waals surface area contributed by atoms with Gasteiger partial charge in [0, 0.05) is 12.0 Å². The first-order chi connectivity index (χ1) is 7.91. The minimum Gasteiger partial charge on any atom is -0.459 e. The molecule has 0 saturated carbocycles. The van der Waals surface area contributed by atoms with Crippen LogP contribution in [-0.2, 0) is 9.53 Å². The van der Waals surface area contributed by atoms with Crippen LogP contribution in [0.4, 0.5) is 22.0 Å². The van der Waals surface area contributed by atoms with Crippen molar-refractivity contribution in [2.45, 2.75) is 44.6 Å². The molecule has 0 aromatic heterocycles. The first-order valence-corrected chi connectivity index (χ1v) is 4.85. The first-order valence-electron chi connectivity index (χ1n) is 4.85. The summed E-state index contributed by atoms with van der Waals surface area (Å²) in [6.45, 7) is 5.40. The van der Waals surface area contributed by atoms with Crippen molar-refractivity contribution < 1.29 is 36.6 Å². The summed E-state index contributed by atoms with van der Waals surface area (Å²) < 4.78 is 66.0. The number of halogens is 5. The lowest BCUT2D eigenvalue weighted by atomic mass is 9.96. The van der Waals surface area contributed by atoms with Crippen LogP contribution in [0.3, 0.4) is 0 Å². The largest absolute Gasteiger partial charge is 0.459 e. The molecule has 0 spiro atoms. The Hall–Kier alpha value is -1.18. The van der Waals surface area contributed by atoms with Gasteiger partial charge in [-0.2, -0.15) is 13.2 Å². The van der Waals surface area contributed by atoms with Crippen LogP contribution in [0, 0.1) is 0 Å². The number of hydrogen-bond acceptors (Lipinski definition) is 3. The molecule has 0 amide bonds. The molecule has 1 N–H and O–H groups in total. The average molecular weight is 276 g/mol. The number of alkyl halides is 5. The SMILES string of the molecule is C=C(C)C(=O)OC(C)CC(O)(C(F)F)C(F)(F)F. The normalized spacial score (nSPS) is 17.2. The van der Waals surface area contributed by atoms with Gasteiger partial charge in [0.1, 0.15) is 6.10 Å². The van der Waals surface area contributed by atoms with E-state index < -0.39 is 36.7 Å². The van der Waals surface area contributed by atoms with E-state index in [1.165, 1.54) is 6.92 Å². The summed E-state index contributed by atoms with van der Waals surface area (Å²) in [5, 5.41) is 8.96. The van der Waals surface area contributed by atoms with E-state index in [0.717, 1.165) is 6.92 Å². The zero-order valence-electron chi connectivity index (χ0n) is 9.72. The van der Waals surface area contributed by atoms with Gasteiger partial charge in [-0.1, -0.05) is 6.58 Å². The highest BCUT2D eigenvalue weighted by Gasteiger charge is 2.61. The van der Waals surface area contributed by atoms with Crippen molar-refractivity contribution in [3.8, 4) is 0 Å². The lowest BCUT2D eigenvalue weighted by Crippen LogP contribution is -2.53. The van der Waals surface area contributed by atoms with Crippen molar-refractivity contribution in [2.24, 2.45) is 0 Å². The Morgan fingerprint density at radius 3 is 2.11 bits per heavy atom. The first kappa shape index (κ1) is 16.8. The second-order valence-corrected chi connectivity index (χ2v) is 3.92. The van der Waals surface area contributed by atoms with E-state index in [1.807, 2.05) is 0 Å². The molecule has 0 fully saturated rings. The number of carbonyl (C=O) groups excluding carboxylic acids is 1. The molecule has 0 radical (unpaired) electrons. The monoisotopic (exact) mass is 276 g/mol. The number of hydrogen-bond donors (Lipinski definition) is 1. The summed E-state index contributed by atoms with van der Waals surface area (Å²) in [7, 11) is 0. The van der Waals surface area contributed by atoms with Crippen molar-refractivity contribution in [1.82, 2.24) is 0 Å². The third-order valence-electron chi connectivity index (χ3n) is 2.11. The number of aliphatic hydroxyl groups is 1. The average Bonchev–Trinajstić information content (AvgIpc) is 2.14. The molecule has 2 atom stereocenters. The van der Waals surface area contributed by atoms with Gasteiger partial charge in [0.15, 0.2) is 0 Å². The van der Waals surface area contributed by atoms with Gasteiger partial charge >= 0.3 is 12.1 Å². The lowest BCUT2D eigenvalue weighted by molar-refractivity contribution is -0.305. The summed E-state index contributed by atoms with van der Waals surface area (Å²) in [5.74, 6) is -1.01. The van der Waals surface area contributed by atoms with Gasteiger partial charge in [0.25, 0.3) is 6.43 Å². The highest BCUT2D eigenvalue weighted by Crippen LogP contribution is 2.39. The fourth-order valence-electron chi connectivity index (χ4n) is 1.09. The van der Waals surface area contributed by atoms with Crippen LogP contribution >= 0.6 is 0 Å². The Balaban J connectivity index is 4.82. The molecular weight excluding hydrogens is 263 g/mol. The second-order valence-electron chi connectivity index (χ2n) is 3.92. The maximum atomic E-state index is 12.3. The Kier molecular flexibility index (Phi) is 5.27. The van der Waals surface area contributed by atoms with Crippen LogP contribution in [0.5, 0.6) is 0 Å². The Morgan fingerprint density at radius 2 is 1.83 bits per heavy atom. The second kappa shape index (κ2) is 5.64. The van der Waals surface area contributed by atoms with Gasteiger partial charge < -0.3 is 9.84 Å². The van der Waals surface area contributed by atoms with Crippen molar-refractivity contribution in [3.05, 3.63) is 12.2 Å². The van der Waals surface area contributed by atoms with E-state index in [2.05, 4.69) is 11.3 Å². The van der Waals surface area contributed by atoms with E-state index in [-0.39, 0.29) is 5.57 Å². The number of esters is 1. The standard InChI is InChI=1S/C10H13F5O3/c1-5(2)7(16)18-6(3)4-9(17,8(11)12)10(13,14)15/h6,8,17H,1,4H2,2-3H3. The van der Waals surface area contributed by atoms with Gasteiger partial charge in [-0.3, -0.25) is 0 Å². The van der Waals surface area contributed by atoms with Gasteiger partial charge in [-0.25, -0.2) is 13.6 Å². The molecule has 0 aliphatic heterocycles. The van der Waals surface area contributed by atoms with Crippen LogP contribution < -0.4 is 0 Å². The van der Waals surface area contributed by atoms with Gasteiger partial charge in [0.05, 0.1) is 0 Å². The molecule has 0 aromatic carbocycles. The third-order valence-corrected chi connectivity index (χ3v) is 2.11. The minimum absolute atomic E-state index is 0.0885. The Bertz CT molecular complexity index is 326. The molecule has 0 aliphatic rings. The number of ether oxygens (including phenoxy) is 1. The molecule has 0 saturated heterocycles. The molecule has 18 heavy (non-hydrogen) atoms. The molecule has 106 valence electrons. The van der Waals surface area contributed by atoms with Crippen molar-refractivity contribution in [3.63, 3.8) is 0 Å². The Labute approximate surface area is 100 Å². The quantitative estimate of drug-likeness (QED) is 0.476. The van der Waals surface area contributed by atoms with E-state index in [4.69, 9.17) is 5.11 Å². The van der Waals surface area contributed by atoms with Crippen molar-refractivity contribution in [1.29, 1.82) is 0 Å². The third kappa shape index (κ3) is 3.94. The maximum absolute atomic E-state index is 12.3. The van der Waals surface area contributed by atoms with Crippen LogP contribution in [0.25, 0.3) is 0 Å². The van der Waals surface area contributed by atoms with Crippen LogP contribution in [0.2, 0.25) is 0 Å². The molecule has 0 rings (SSSR count). The summed E-state index contributed by atoms with van der Waals surface area (Å²) >= 11 is 0. The Morgan fingerprint density at radius 1 is 1.39 bits per heavy atom. The molecule has 0 aromatic rings. The molecule has 0 heterocycles. The van der Waals surface area contributed by atoms with Crippen LogP contribution in [0.15, 0.2) is 12.2 Å². The van der Waals surface area contributed by atoms with E-state index in [1.54, 1.807) is 0 Å². The van der Waals surface area contributed by atoms with Crippen LogP contribution in [0.1, 0.15) is 20.3 Å². The maximum Gasteiger partial charge on any atom is 0.423 e.